The van der Waals surface area contributed by atoms with Gasteiger partial charge in [0.25, 0.3) is 0 Å². The van der Waals surface area contributed by atoms with Crippen LogP contribution in [0, 0.1) is 0 Å². The van der Waals surface area contributed by atoms with Crippen molar-refractivity contribution in [2.75, 3.05) is 32.3 Å². The molecule has 1 aromatic carbocycles. The van der Waals surface area contributed by atoms with E-state index in [4.69, 9.17) is 4.74 Å². The van der Waals surface area contributed by atoms with Crippen LogP contribution >= 0.6 is 0 Å². The summed E-state index contributed by atoms with van der Waals surface area (Å²) in [6, 6.07) is 8.07. The van der Waals surface area contributed by atoms with Crippen molar-refractivity contribution in [1.29, 1.82) is 0 Å². The maximum atomic E-state index is 11.9. The Bertz CT molecular complexity index is 278. The van der Waals surface area contributed by atoms with Gasteiger partial charge in [0.15, 0.2) is 0 Å². The molecule has 0 fully saturated rings. The van der Waals surface area contributed by atoms with E-state index in [1.165, 1.54) is 5.56 Å². The Kier molecular flexibility index (Phi) is 5.78. The summed E-state index contributed by atoms with van der Waals surface area (Å²) in [4.78, 5) is 0. The molecule has 15 heavy (non-hydrogen) atoms. The van der Waals surface area contributed by atoms with Gasteiger partial charge in [0, 0.05) is 19.3 Å². The van der Waals surface area contributed by atoms with Crippen LogP contribution in [-0.4, -0.2) is 26.9 Å². The number of alkyl halides is 1. The molecule has 0 aliphatic carbocycles. The van der Waals surface area contributed by atoms with Crippen molar-refractivity contribution in [2.24, 2.45) is 0 Å². The van der Waals surface area contributed by atoms with E-state index >= 15 is 0 Å². The van der Waals surface area contributed by atoms with Crippen LogP contribution in [0.2, 0.25) is 0 Å². The van der Waals surface area contributed by atoms with E-state index in [1.54, 1.807) is 7.11 Å². The highest BCUT2D eigenvalue weighted by atomic mass is 19.1. The van der Waals surface area contributed by atoms with E-state index in [-0.39, 0.29) is 6.67 Å². The van der Waals surface area contributed by atoms with Gasteiger partial charge in [-0.1, -0.05) is 18.2 Å². The molecule has 84 valence electrons. The van der Waals surface area contributed by atoms with Crippen LogP contribution in [0.5, 0.6) is 0 Å². The molecule has 0 saturated carbocycles. The quantitative estimate of drug-likeness (QED) is 0.700. The number of nitrogens with one attached hydrogen (secondary N) is 1. The summed E-state index contributed by atoms with van der Waals surface area (Å²) < 4.78 is 17.0. The second-order valence-corrected chi connectivity index (χ2v) is 3.37. The molecule has 2 nitrogen and oxygen atoms in total. The predicted octanol–water partition coefficient (Wildman–Crippen LogP) is 2.65. The second-order valence-electron chi connectivity index (χ2n) is 3.37. The normalized spacial score (nSPS) is 10.3. The minimum absolute atomic E-state index is 0.271. The molecule has 0 aliphatic rings. The summed E-state index contributed by atoms with van der Waals surface area (Å²) >= 11 is 0. The Morgan fingerprint density at radius 3 is 2.87 bits per heavy atom. The van der Waals surface area contributed by atoms with Gasteiger partial charge >= 0.3 is 0 Å². The highest BCUT2D eigenvalue weighted by Crippen LogP contribution is 2.15. The lowest BCUT2D eigenvalue weighted by atomic mass is 10.1. The number of halogens is 1. The Morgan fingerprint density at radius 2 is 2.13 bits per heavy atom. The molecule has 0 bridgehead atoms. The average molecular weight is 211 g/mol. The van der Waals surface area contributed by atoms with Gasteiger partial charge in [0.1, 0.15) is 0 Å². The molecule has 0 saturated heterocycles. The molecule has 1 aromatic rings. The summed E-state index contributed by atoms with van der Waals surface area (Å²) in [6.07, 6.45) is 1.44. The fraction of sp³-hybridized carbons (Fsp3) is 0.500. The largest absolute Gasteiger partial charge is 0.385 e. The van der Waals surface area contributed by atoms with Gasteiger partial charge in [0.2, 0.25) is 0 Å². The van der Waals surface area contributed by atoms with Crippen LogP contribution in [0.1, 0.15) is 12.0 Å². The molecule has 0 amide bonds. The third kappa shape index (κ3) is 4.30. The monoisotopic (exact) mass is 211 g/mol. The van der Waals surface area contributed by atoms with Crippen molar-refractivity contribution in [3.05, 3.63) is 29.8 Å². The third-order valence-electron chi connectivity index (χ3n) is 2.22. The fourth-order valence-electron chi connectivity index (χ4n) is 1.41. The highest BCUT2D eigenvalue weighted by molar-refractivity contribution is 5.51. The van der Waals surface area contributed by atoms with E-state index in [1.807, 2.05) is 18.2 Å². The van der Waals surface area contributed by atoms with E-state index in [9.17, 15) is 4.39 Å². The van der Waals surface area contributed by atoms with Crippen LogP contribution in [0.3, 0.4) is 0 Å². The molecule has 0 aliphatic heterocycles. The maximum Gasteiger partial charge on any atom is 0.0911 e. The van der Waals surface area contributed by atoms with Gasteiger partial charge in [-0.05, 0) is 24.5 Å². The topological polar surface area (TPSA) is 21.3 Å². The molecule has 3 heteroatoms. The number of benzene rings is 1. The number of methoxy groups -OCH3 is 1. The first-order valence-electron chi connectivity index (χ1n) is 5.25. The van der Waals surface area contributed by atoms with E-state index in [0.29, 0.717) is 19.6 Å². The Morgan fingerprint density at radius 1 is 1.33 bits per heavy atom. The van der Waals surface area contributed by atoms with E-state index in [2.05, 4.69) is 11.4 Å². The van der Waals surface area contributed by atoms with Crippen molar-refractivity contribution in [3.8, 4) is 0 Å². The molecule has 0 aromatic heterocycles. The standard InChI is InChI=1S/C12H18FNO/c1-15-10-7-11-5-2-3-6-12(11)14-9-4-8-13/h2-3,5-6,14H,4,7-10H2,1H3. The molecule has 0 radical (unpaired) electrons. The maximum absolute atomic E-state index is 11.9. The fourth-order valence-corrected chi connectivity index (χ4v) is 1.41. The summed E-state index contributed by atoms with van der Waals surface area (Å²) in [7, 11) is 1.69. The minimum Gasteiger partial charge on any atom is -0.385 e. The van der Waals surface area contributed by atoms with Crippen LogP contribution in [0.15, 0.2) is 24.3 Å². The summed E-state index contributed by atoms with van der Waals surface area (Å²) in [5, 5.41) is 3.23. The lowest BCUT2D eigenvalue weighted by Crippen LogP contribution is -2.06. The molecule has 0 unspecified atom stereocenters. The lowest BCUT2D eigenvalue weighted by Gasteiger charge is -2.10. The molecular formula is C12H18FNO. The summed E-state index contributed by atoms with van der Waals surface area (Å²) in [5.74, 6) is 0. The predicted molar refractivity (Wildman–Crippen MR) is 61.1 cm³/mol. The number of hydrogen-bond donors (Lipinski definition) is 1. The molecule has 0 atom stereocenters. The van der Waals surface area contributed by atoms with Gasteiger partial charge in [0.05, 0.1) is 13.3 Å². The van der Waals surface area contributed by atoms with Crippen molar-refractivity contribution in [1.82, 2.24) is 0 Å². The zero-order valence-corrected chi connectivity index (χ0v) is 9.13. The Labute approximate surface area is 90.4 Å². The van der Waals surface area contributed by atoms with Gasteiger partial charge in [-0.25, -0.2) is 0 Å². The first-order valence-corrected chi connectivity index (χ1v) is 5.25. The number of para-hydroxylation sites is 1. The van der Waals surface area contributed by atoms with E-state index < -0.39 is 0 Å². The number of anilines is 1. The zero-order chi connectivity index (χ0) is 10.9. The smallest absolute Gasteiger partial charge is 0.0911 e. The van der Waals surface area contributed by atoms with Gasteiger partial charge in [-0.15, -0.1) is 0 Å². The van der Waals surface area contributed by atoms with Crippen LogP contribution in [-0.2, 0) is 11.2 Å². The van der Waals surface area contributed by atoms with Crippen molar-refractivity contribution in [2.45, 2.75) is 12.8 Å². The number of rotatable bonds is 7. The molecule has 0 spiro atoms. The van der Waals surface area contributed by atoms with Crippen molar-refractivity contribution in [3.63, 3.8) is 0 Å². The Hall–Kier alpha value is -1.09. The van der Waals surface area contributed by atoms with Crippen LogP contribution in [0.4, 0.5) is 10.1 Å². The van der Waals surface area contributed by atoms with Crippen molar-refractivity contribution >= 4 is 5.69 Å². The summed E-state index contributed by atoms with van der Waals surface area (Å²) in [5.41, 5.74) is 2.31. The van der Waals surface area contributed by atoms with Gasteiger partial charge in [-0.3, -0.25) is 4.39 Å². The minimum atomic E-state index is -0.271. The molecular weight excluding hydrogens is 193 g/mol. The molecule has 0 heterocycles. The van der Waals surface area contributed by atoms with Crippen molar-refractivity contribution < 1.29 is 9.13 Å². The average Bonchev–Trinajstić information content (AvgIpc) is 2.28. The third-order valence-corrected chi connectivity index (χ3v) is 2.22. The Balaban J connectivity index is 2.52. The molecule has 1 N–H and O–H groups in total. The van der Waals surface area contributed by atoms with Gasteiger partial charge < -0.3 is 10.1 Å². The molecule has 1 rings (SSSR count). The van der Waals surface area contributed by atoms with Gasteiger partial charge in [-0.2, -0.15) is 0 Å². The number of hydrogen-bond acceptors (Lipinski definition) is 2. The first kappa shape index (κ1) is 12.0. The SMILES string of the molecule is COCCc1ccccc1NCCCF. The highest BCUT2D eigenvalue weighted by Gasteiger charge is 2.00. The van der Waals surface area contributed by atoms with Crippen LogP contribution < -0.4 is 5.32 Å². The second kappa shape index (κ2) is 7.23. The zero-order valence-electron chi connectivity index (χ0n) is 9.13. The van der Waals surface area contributed by atoms with E-state index in [0.717, 1.165) is 12.1 Å². The summed E-state index contributed by atoms with van der Waals surface area (Å²) in [6.45, 7) is 1.12. The first-order chi connectivity index (χ1) is 7.38. The number of ether oxygens (including phenoxy) is 1. The van der Waals surface area contributed by atoms with Crippen LogP contribution in [0.25, 0.3) is 0 Å². The lowest BCUT2D eigenvalue weighted by molar-refractivity contribution is 0.202.